The van der Waals surface area contributed by atoms with Crippen molar-refractivity contribution in [2.24, 2.45) is 154 Å². The van der Waals surface area contributed by atoms with Crippen LogP contribution in [0.15, 0.2) is 0 Å². The van der Waals surface area contributed by atoms with Gasteiger partial charge in [-0.05, 0) is 289 Å². The van der Waals surface area contributed by atoms with Crippen molar-refractivity contribution in [2.45, 2.75) is 402 Å². The van der Waals surface area contributed by atoms with Gasteiger partial charge in [-0.15, -0.1) is 0 Å². The molecule has 11 saturated carbocycles. The molecule has 0 spiro atoms. The first kappa shape index (κ1) is 79.4. The van der Waals surface area contributed by atoms with Gasteiger partial charge in [0.15, 0.2) is 0 Å². The smallest absolute Gasteiger partial charge is 0.0288 e. The lowest BCUT2D eigenvalue weighted by atomic mass is 9.56. The summed E-state index contributed by atoms with van der Waals surface area (Å²) in [6.07, 6.45) is 39.3. The molecule has 0 saturated heterocycles. The average Bonchev–Trinajstić information content (AvgIpc) is 1.78. The Kier molecular flexibility index (Phi) is 27.4. The molecule has 11 aliphatic carbocycles. The summed E-state index contributed by atoms with van der Waals surface area (Å²) in [7, 11) is 0. The van der Waals surface area contributed by atoms with Gasteiger partial charge in [0, 0.05) is 0 Å². The normalized spacial score (nSPS) is 36.3. The molecule has 87 heavy (non-hydrogen) atoms. The Morgan fingerprint density at radius 3 is 0.966 bits per heavy atom. The highest BCUT2D eigenvalue weighted by atomic mass is 14.6. The lowest BCUT2D eigenvalue weighted by molar-refractivity contribution is 0.0203. The summed E-state index contributed by atoms with van der Waals surface area (Å²) in [6, 6.07) is 0. The van der Waals surface area contributed by atoms with Crippen molar-refractivity contribution in [3.8, 4) is 0 Å². The zero-order valence-electron chi connectivity index (χ0n) is 66.8. The fourth-order valence-electron chi connectivity index (χ4n) is 26.3. The monoisotopic (exact) mass is 1210 g/mol. The molecule has 0 N–H and O–H groups in total. The molecule has 0 aromatic carbocycles. The minimum Gasteiger partial charge on any atom is -0.0651 e. The quantitative estimate of drug-likeness (QED) is 0.249. The summed E-state index contributed by atoms with van der Waals surface area (Å²) in [5, 5.41) is 0. The van der Waals surface area contributed by atoms with E-state index in [1.165, 1.54) is 135 Å². The third-order valence-electron chi connectivity index (χ3n) is 29.3. The summed E-state index contributed by atoms with van der Waals surface area (Å²) in [5.41, 5.74) is 6.94. The predicted molar refractivity (Wildman–Crippen MR) is 393 cm³/mol. The molecule has 6 bridgehead atoms. The number of rotatable bonds is 6. The minimum atomic E-state index is 0.547. The van der Waals surface area contributed by atoms with Gasteiger partial charge in [-0.25, -0.2) is 0 Å². The van der Waals surface area contributed by atoms with Gasteiger partial charge in [-0.2, -0.15) is 0 Å². The van der Waals surface area contributed by atoms with E-state index in [1.807, 2.05) is 0 Å². The van der Waals surface area contributed by atoms with Crippen LogP contribution in [-0.2, 0) is 0 Å². The van der Waals surface area contributed by atoms with Crippen LogP contribution in [0.4, 0.5) is 0 Å². The van der Waals surface area contributed by atoms with Crippen LogP contribution in [0.2, 0.25) is 0 Å². The Morgan fingerprint density at radius 2 is 0.724 bits per heavy atom. The molecule has 0 amide bonds. The van der Waals surface area contributed by atoms with E-state index in [4.69, 9.17) is 0 Å². The van der Waals surface area contributed by atoms with Crippen molar-refractivity contribution in [1.29, 1.82) is 0 Å². The molecule has 10 atom stereocenters. The van der Waals surface area contributed by atoms with Crippen LogP contribution >= 0.6 is 0 Å². The van der Waals surface area contributed by atoms with Crippen molar-refractivity contribution in [3.05, 3.63) is 0 Å². The molecule has 11 fully saturated rings. The standard InChI is InChI=1S/3C12H24.C11H20.2C11H22.2C9H16/c1-10(2)7-11(3,4)9-12(5,6)8-10;1-9(2)10-11(3,4)7-8-12(10,5)6;1-6-10-7-11(2,3)9-12(4,5)8-10;1-4-10-8-5-6-9(7-8)11(10,2)3;1-6-9-7-10(2,3)11(4,5)8-9;1-6-9-10(2,3)7-8-11(9,4)5;1-6-7(2)9-4-3-8(6)5-9;1-2-8-5-7-3-4-9(8)6-7/h7-9H2,1-6H3;9-10H,7-8H2,1-6H3;10H,6-9H2,1-5H3;8-10H,4-7H2,1-3H3;2*9H,6-8H2,1-5H3;6-9H,3-5H2,1-2H3;7-9H,2-6H2,1H3/t;;;;;;6-,7?,8?,9?;/m......0./s1. The maximum atomic E-state index is 2.49. The summed E-state index contributed by atoms with van der Waals surface area (Å²) >= 11 is 0. The molecule has 0 heterocycles. The topological polar surface area (TPSA) is 0 Å². The van der Waals surface area contributed by atoms with Crippen LogP contribution in [-0.4, -0.2) is 0 Å². The van der Waals surface area contributed by atoms with Gasteiger partial charge < -0.3 is 0 Å². The summed E-state index contributed by atoms with van der Waals surface area (Å²) in [4.78, 5) is 0. The Balaban J connectivity index is 0.000000213. The van der Waals surface area contributed by atoms with Crippen LogP contribution in [0, 0.1) is 154 Å². The largest absolute Gasteiger partial charge is 0.0651 e. The lowest BCUT2D eigenvalue weighted by Gasteiger charge is -2.49. The number of hydrogen-bond acceptors (Lipinski definition) is 0. The zero-order valence-corrected chi connectivity index (χ0v) is 66.8. The van der Waals surface area contributed by atoms with Gasteiger partial charge in [-0.1, -0.05) is 267 Å². The maximum absolute atomic E-state index is 2.49. The molecule has 11 aliphatic rings. The van der Waals surface area contributed by atoms with Crippen LogP contribution in [0.3, 0.4) is 0 Å². The van der Waals surface area contributed by atoms with Crippen molar-refractivity contribution in [3.63, 3.8) is 0 Å². The lowest BCUT2D eigenvalue weighted by Crippen LogP contribution is -2.38. The molecule has 9 unspecified atom stereocenters. The van der Waals surface area contributed by atoms with Gasteiger partial charge in [0.2, 0.25) is 0 Å². The summed E-state index contributed by atoms with van der Waals surface area (Å²) in [6.45, 7) is 79.6. The van der Waals surface area contributed by atoms with Crippen molar-refractivity contribution in [1.82, 2.24) is 0 Å². The number of fused-ring (bicyclic) bond motifs is 6. The van der Waals surface area contributed by atoms with Crippen molar-refractivity contribution >= 4 is 0 Å². The van der Waals surface area contributed by atoms with E-state index in [1.54, 1.807) is 38.5 Å². The highest BCUT2D eigenvalue weighted by Gasteiger charge is 2.52. The first-order valence-corrected chi connectivity index (χ1v) is 39.4. The third kappa shape index (κ3) is 21.5. The van der Waals surface area contributed by atoms with Crippen LogP contribution in [0.25, 0.3) is 0 Å². The van der Waals surface area contributed by atoms with E-state index >= 15 is 0 Å². The predicted octanol–water partition coefficient (Wildman–Crippen LogP) is 29.3. The second kappa shape index (κ2) is 30.0. The molecular weight excluding hydrogens is 1040 g/mol. The van der Waals surface area contributed by atoms with Crippen LogP contribution < -0.4 is 0 Å². The fraction of sp³-hybridized carbons (Fsp3) is 1.00. The van der Waals surface area contributed by atoms with Crippen LogP contribution in [0.1, 0.15) is 402 Å². The van der Waals surface area contributed by atoms with Gasteiger partial charge >= 0.3 is 0 Å². The molecule has 0 radical (unpaired) electrons. The Morgan fingerprint density at radius 1 is 0.345 bits per heavy atom. The minimum absolute atomic E-state index is 0.547. The van der Waals surface area contributed by atoms with E-state index in [9.17, 15) is 0 Å². The molecule has 0 aliphatic heterocycles. The SMILES string of the molecule is CC(C)C1C(C)(C)CCC1(C)C.CC1(C)CC(C)(C)CC(C)(C)C1.CC1C2CCC(C2)[C@H]1C.CCC1C(C)(C)CCC1(C)C.CCC1C2CCC(C2)C1(C)C.CCC1CC(C)(C)C(C)(C)C1.CCC1CC(C)(C)CC(C)(C)C1.CCC1CC2CCC1C2. The molecule has 0 heteroatoms. The first-order chi connectivity index (χ1) is 39.4. The second-order valence-electron chi connectivity index (χ2n) is 43.3. The molecule has 0 nitrogen and oxygen atoms in total. The highest BCUT2D eigenvalue weighted by molar-refractivity contribution is 5.02. The molecule has 11 rings (SSSR count). The maximum Gasteiger partial charge on any atom is -0.0288 e. The second-order valence-corrected chi connectivity index (χ2v) is 43.3. The van der Waals surface area contributed by atoms with E-state index in [2.05, 4.69) is 228 Å². The van der Waals surface area contributed by atoms with E-state index < -0.39 is 0 Å². The Labute approximate surface area is 552 Å². The first-order valence-electron chi connectivity index (χ1n) is 39.4. The van der Waals surface area contributed by atoms with E-state index in [0.29, 0.717) is 65.0 Å². The summed E-state index contributed by atoms with van der Waals surface area (Å²) in [5.74, 6) is 15.6. The Bertz CT molecular complexity index is 1880. The zero-order chi connectivity index (χ0) is 66.8. The molecule has 0 aromatic rings. The molecule has 516 valence electrons. The van der Waals surface area contributed by atoms with Gasteiger partial charge in [0.1, 0.15) is 0 Å². The van der Waals surface area contributed by atoms with Crippen molar-refractivity contribution < 1.29 is 0 Å². The third-order valence-corrected chi connectivity index (χ3v) is 29.3. The van der Waals surface area contributed by atoms with Gasteiger partial charge in [0.05, 0.1) is 0 Å². The van der Waals surface area contributed by atoms with E-state index in [0.717, 1.165) is 88.8 Å². The fourth-order valence-corrected chi connectivity index (χ4v) is 26.3. The summed E-state index contributed by atoms with van der Waals surface area (Å²) < 4.78 is 0. The average molecular weight is 1210 g/mol. The highest BCUT2D eigenvalue weighted by Crippen LogP contribution is 2.62. The molecule has 0 aromatic heterocycles. The Hall–Kier alpha value is 0. The number of hydrogen-bond donors (Lipinski definition) is 0. The van der Waals surface area contributed by atoms with Gasteiger partial charge in [0.25, 0.3) is 0 Å². The van der Waals surface area contributed by atoms with E-state index in [-0.39, 0.29) is 0 Å². The molecular formula is C87H168. The van der Waals surface area contributed by atoms with Crippen LogP contribution in [0.5, 0.6) is 0 Å². The van der Waals surface area contributed by atoms with Crippen molar-refractivity contribution in [2.75, 3.05) is 0 Å². The van der Waals surface area contributed by atoms with Gasteiger partial charge in [-0.3, -0.25) is 0 Å².